The lowest BCUT2D eigenvalue weighted by atomic mass is 9.95. The zero-order chi connectivity index (χ0) is 17.0. The summed E-state index contributed by atoms with van der Waals surface area (Å²) in [7, 11) is -1.11. The smallest absolute Gasteiger partial charge is 0.223 e. The number of amides is 1. The lowest BCUT2D eigenvalue weighted by Crippen LogP contribution is -2.40. The van der Waals surface area contributed by atoms with Crippen LogP contribution in [0.5, 0.6) is 0 Å². The lowest BCUT2D eigenvalue weighted by molar-refractivity contribution is -0.127. The number of likely N-dealkylation sites (tertiary alicyclic amines) is 1. The van der Waals surface area contributed by atoms with Crippen molar-refractivity contribution in [2.45, 2.75) is 37.1 Å². The minimum absolute atomic E-state index is 0.0734. The van der Waals surface area contributed by atoms with Crippen molar-refractivity contribution < 1.29 is 13.2 Å². The summed E-state index contributed by atoms with van der Waals surface area (Å²) in [5.74, 6) is 0.188. The van der Waals surface area contributed by atoms with Crippen LogP contribution in [0.1, 0.15) is 37.8 Å². The summed E-state index contributed by atoms with van der Waals surface area (Å²) in [6.07, 6.45) is 3.76. The molecule has 0 aromatic heterocycles. The van der Waals surface area contributed by atoms with E-state index in [4.69, 9.17) is 0 Å². The van der Waals surface area contributed by atoms with Crippen molar-refractivity contribution >= 4 is 15.7 Å². The first-order valence-electron chi connectivity index (χ1n) is 8.10. The second-order valence-electron chi connectivity index (χ2n) is 6.39. The van der Waals surface area contributed by atoms with Crippen LogP contribution in [-0.4, -0.2) is 45.6 Å². The molecular formula is C17H26N2O3S. The molecule has 1 saturated heterocycles. The van der Waals surface area contributed by atoms with Crippen LogP contribution in [0.25, 0.3) is 0 Å². The Morgan fingerprint density at radius 1 is 1.26 bits per heavy atom. The maximum absolute atomic E-state index is 12.4. The standard InChI is InChI=1S/C17H26N2O3S/c1-4-16(13-5-7-15(8-6-13)23(3,21)22)18-17(20)14-9-11-19(2)12-10-14/h5-8,14,16H,4,9-12H2,1-3H3,(H,18,20)/t16-/m1/s1. The van der Waals surface area contributed by atoms with Crippen molar-refractivity contribution in [1.29, 1.82) is 0 Å². The molecule has 23 heavy (non-hydrogen) atoms. The predicted molar refractivity (Wildman–Crippen MR) is 90.9 cm³/mol. The second-order valence-corrected chi connectivity index (χ2v) is 8.40. The Morgan fingerprint density at radius 2 is 1.83 bits per heavy atom. The average molecular weight is 338 g/mol. The van der Waals surface area contributed by atoms with Gasteiger partial charge in [0.25, 0.3) is 0 Å². The third kappa shape index (κ3) is 4.78. The van der Waals surface area contributed by atoms with Gasteiger partial charge in [-0.15, -0.1) is 0 Å². The molecule has 0 spiro atoms. The fourth-order valence-corrected chi connectivity index (χ4v) is 3.56. The molecule has 0 aliphatic carbocycles. The summed E-state index contributed by atoms with van der Waals surface area (Å²) in [4.78, 5) is 15.0. The highest BCUT2D eigenvalue weighted by atomic mass is 32.2. The maximum atomic E-state index is 12.4. The minimum Gasteiger partial charge on any atom is -0.349 e. The highest BCUT2D eigenvalue weighted by Gasteiger charge is 2.25. The van der Waals surface area contributed by atoms with Gasteiger partial charge >= 0.3 is 0 Å². The molecule has 1 aromatic rings. The molecule has 1 aliphatic heterocycles. The van der Waals surface area contributed by atoms with Crippen molar-refractivity contribution in [2.75, 3.05) is 26.4 Å². The number of benzene rings is 1. The molecule has 1 atom stereocenters. The highest BCUT2D eigenvalue weighted by Crippen LogP contribution is 2.22. The van der Waals surface area contributed by atoms with Crippen molar-refractivity contribution in [3.05, 3.63) is 29.8 Å². The van der Waals surface area contributed by atoms with Gasteiger partial charge in [0.05, 0.1) is 10.9 Å². The summed E-state index contributed by atoms with van der Waals surface area (Å²) in [5, 5.41) is 3.12. The summed E-state index contributed by atoms with van der Waals surface area (Å²) < 4.78 is 23.0. The second kappa shape index (κ2) is 7.45. The summed E-state index contributed by atoms with van der Waals surface area (Å²) in [5.41, 5.74) is 0.946. The molecule has 2 rings (SSSR count). The first-order chi connectivity index (χ1) is 10.8. The number of sulfone groups is 1. The molecule has 0 bridgehead atoms. The lowest BCUT2D eigenvalue weighted by Gasteiger charge is -2.29. The Balaban J connectivity index is 2.03. The molecule has 6 heteroatoms. The Hall–Kier alpha value is -1.40. The molecule has 0 saturated carbocycles. The Morgan fingerprint density at radius 3 is 2.30 bits per heavy atom. The van der Waals surface area contributed by atoms with Crippen molar-refractivity contribution in [3.8, 4) is 0 Å². The molecule has 1 amide bonds. The number of hydrogen-bond donors (Lipinski definition) is 1. The number of piperidine rings is 1. The quantitative estimate of drug-likeness (QED) is 0.892. The normalized spacial score (nSPS) is 18.6. The van der Waals surface area contributed by atoms with Crippen molar-refractivity contribution in [2.24, 2.45) is 5.92 Å². The third-order valence-electron chi connectivity index (χ3n) is 4.52. The van der Waals surface area contributed by atoms with Gasteiger partial charge in [-0.25, -0.2) is 8.42 Å². The molecule has 1 fully saturated rings. The zero-order valence-corrected chi connectivity index (χ0v) is 14.9. The van der Waals surface area contributed by atoms with E-state index in [9.17, 15) is 13.2 Å². The van der Waals surface area contributed by atoms with Gasteiger partial charge in [0, 0.05) is 12.2 Å². The molecule has 128 valence electrons. The van der Waals surface area contributed by atoms with Crippen LogP contribution in [0.15, 0.2) is 29.2 Å². The predicted octanol–water partition coefficient (Wildman–Crippen LogP) is 2.00. The van der Waals surface area contributed by atoms with E-state index >= 15 is 0 Å². The number of nitrogens with one attached hydrogen (secondary N) is 1. The van der Waals surface area contributed by atoms with E-state index in [-0.39, 0.29) is 17.9 Å². The SMILES string of the molecule is CC[C@@H](NC(=O)C1CCN(C)CC1)c1ccc(S(C)(=O)=O)cc1. The average Bonchev–Trinajstić information content (AvgIpc) is 2.52. The van der Waals surface area contributed by atoms with Crippen LogP contribution >= 0.6 is 0 Å². The number of carbonyl (C=O) groups is 1. The minimum atomic E-state index is -3.19. The van der Waals surface area contributed by atoms with E-state index in [0.29, 0.717) is 4.90 Å². The molecule has 1 heterocycles. The fourth-order valence-electron chi connectivity index (χ4n) is 2.93. The van der Waals surface area contributed by atoms with E-state index in [0.717, 1.165) is 37.9 Å². The molecule has 0 unspecified atom stereocenters. The van der Waals surface area contributed by atoms with Gasteiger partial charge in [-0.1, -0.05) is 19.1 Å². The van der Waals surface area contributed by atoms with Gasteiger partial charge in [-0.05, 0) is 57.1 Å². The molecule has 0 radical (unpaired) electrons. The topological polar surface area (TPSA) is 66.5 Å². The number of hydrogen-bond acceptors (Lipinski definition) is 4. The van der Waals surface area contributed by atoms with Gasteiger partial charge in [-0.3, -0.25) is 4.79 Å². The maximum Gasteiger partial charge on any atom is 0.223 e. The molecule has 1 N–H and O–H groups in total. The fraction of sp³-hybridized carbons (Fsp3) is 0.588. The van der Waals surface area contributed by atoms with E-state index in [1.165, 1.54) is 6.26 Å². The third-order valence-corrected chi connectivity index (χ3v) is 5.65. The van der Waals surface area contributed by atoms with Gasteiger partial charge in [0.15, 0.2) is 9.84 Å². The van der Waals surface area contributed by atoms with Gasteiger partial charge in [0.1, 0.15) is 0 Å². The molecule has 5 nitrogen and oxygen atoms in total. The van der Waals surface area contributed by atoms with E-state index in [2.05, 4.69) is 17.3 Å². The number of rotatable bonds is 5. The Labute approximate surface area is 139 Å². The number of nitrogens with zero attached hydrogens (tertiary/aromatic N) is 1. The summed E-state index contributed by atoms with van der Waals surface area (Å²) in [6.45, 7) is 3.93. The van der Waals surface area contributed by atoms with Gasteiger partial charge < -0.3 is 10.2 Å². The van der Waals surface area contributed by atoms with Crippen LogP contribution in [0, 0.1) is 5.92 Å². The molecule has 1 aliphatic rings. The van der Waals surface area contributed by atoms with Crippen LogP contribution in [0.3, 0.4) is 0 Å². The molecular weight excluding hydrogens is 312 g/mol. The Bertz CT molecular complexity index is 632. The van der Waals surface area contributed by atoms with Crippen molar-refractivity contribution in [1.82, 2.24) is 10.2 Å². The van der Waals surface area contributed by atoms with Crippen LogP contribution in [0.2, 0.25) is 0 Å². The van der Waals surface area contributed by atoms with Crippen molar-refractivity contribution in [3.63, 3.8) is 0 Å². The molecule has 1 aromatic carbocycles. The van der Waals surface area contributed by atoms with Crippen LogP contribution in [0.4, 0.5) is 0 Å². The van der Waals surface area contributed by atoms with E-state index in [1.807, 2.05) is 6.92 Å². The zero-order valence-electron chi connectivity index (χ0n) is 14.1. The first-order valence-corrected chi connectivity index (χ1v) is 9.99. The van der Waals surface area contributed by atoms with E-state index in [1.54, 1.807) is 24.3 Å². The number of carbonyl (C=O) groups excluding carboxylic acids is 1. The first kappa shape index (κ1) is 17.9. The highest BCUT2D eigenvalue weighted by molar-refractivity contribution is 7.90. The van der Waals surface area contributed by atoms with Crippen LogP contribution < -0.4 is 5.32 Å². The summed E-state index contributed by atoms with van der Waals surface area (Å²) >= 11 is 0. The van der Waals surface area contributed by atoms with Gasteiger partial charge in [-0.2, -0.15) is 0 Å². The Kier molecular flexibility index (Phi) is 5.81. The largest absolute Gasteiger partial charge is 0.349 e. The summed E-state index contributed by atoms with van der Waals surface area (Å²) in [6, 6.07) is 6.72. The van der Waals surface area contributed by atoms with Crippen LogP contribution in [-0.2, 0) is 14.6 Å². The van der Waals surface area contributed by atoms with E-state index < -0.39 is 9.84 Å². The van der Waals surface area contributed by atoms with Gasteiger partial charge in [0.2, 0.25) is 5.91 Å². The monoisotopic (exact) mass is 338 g/mol.